The molecule has 1 rings (SSSR count). The second-order valence-corrected chi connectivity index (χ2v) is 5.68. The number of pyridine rings is 1. The standard InChI is InChI=1S/C7H7F3NO.C3HF6NO3S/c8-7(9,10)6-12-11-4-2-1-3-5-11;4-2(5,6)1(11)10-14(12,13)3(7,8)9/h1-5H,6H2;(H,10,11)/q+1;. The van der Waals surface area contributed by atoms with Crippen LogP contribution in [0.25, 0.3) is 0 Å². The summed E-state index contributed by atoms with van der Waals surface area (Å²) < 4.78 is 124. The molecule has 1 N–H and O–H groups in total. The summed E-state index contributed by atoms with van der Waals surface area (Å²) in [5.74, 6) is -3.20. The molecule has 0 aliphatic rings. The topological polar surface area (TPSA) is 76.3 Å². The molecule has 0 atom stereocenters. The number of rotatable bonds is 3. The van der Waals surface area contributed by atoms with Gasteiger partial charge in [-0.05, 0) is 0 Å². The predicted octanol–water partition coefficient (Wildman–Crippen LogP) is 1.48. The smallest absolute Gasteiger partial charge is 0.263 e. The van der Waals surface area contributed by atoms with Gasteiger partial charge in [0.2, 0.25) is 12.4 Å². The Balaban J connectivity index is 0.000000485. The summed E-state index contributed by atoms with van der Waals surface area (Å²) in [6.07, 6.45) is -7.20. The molecule has 0 unspecified atom stereocenters. The van der Waals surface area contributed by atoms with Crippen molar-refractivity contribution in [2.45, 2.75) is 17.9 Å². The van der Waals surface area contributed by atoms with E-state index in [1.165, 1.54) is 12.4 Å². The number of nitrogens with one attached hydrogen (secondary N) is 1. The summed E-state index contributed by atoms with van der Waals surface area (Å²) in [5, 5.41) is 0. The fourth-order valence-corrected chi connectivity index (χ4v) is 1.33. The molecule has 0 bridgehead atoms. The minimum atomic E-state index is -6.30. The Morgan fingerprint density at radius 2 is 1.38 bits per heavy atom. The second-order valence-electron chi connectivity index (χ2n) is 4.00. The van der Waals surface area contributed by atoms with Crippen LogP contribution in [-0.4, -0.2) is 38.8 Å². The van der Waals surface area contributed by atoms with E-state index in [1.54, 1.807) is 18.2 Å². The highest BCUT2D eigenvalue weighted by atomic mass is 32.2. The maximum absolute atomic E-state index is 11.6. The Kier molecular flexibility index (Phi) is 7.68. The zero-order chi connectivity index (χ0) is 20.8. The molecule has 0 saturated heterocycles. The van der Waals surface area contributed by atoms with Crippen molar-refractivity contribution in [2.75, 3.05) is 6.61 Å². The lowest BCUT2D eigenvalue weighted by molar-refractivity contribution is -0.894. The van der Waals surface area contributed by atoms with Crippen LogP contribution in [0.15, 0.2) is 30.6 Å². The molecule has 0 spiro atoms. The first-order valence-corrected chi connectivity index (χ1v) is 7.30. The van der Waals surface area contributed by atoms with Crippen LogP contribution < -0.4 is 14.3 Å². The lowest BCUT2D eigenvalue weighted by Gasteiger charge is -2.10. The average molecular weight is 423 g/mol. The van der Waals surface area contributed by atoms with Gasteiger partial charge in [0.05, 0.1) is 0 Å². The van der Waals surface area contributed by atoms with Crippen LogP contribution in [0.4, 0.5) is 39.5 Å². The molecule has 26 heavy (non-hydrogen) atoms. The first-order chi connectivity index (χ1) is 11.5. The van der Waals surface area contributed by atoms with Crippen molar-refractivity contribution in [3.05, 3.63) is 30.6 Å². The van der Waals surface area contributed by atoms with Gasteiger partial charge in [-0.3, -0.25) is 9.63 Å². The summed E-state index contributed by atoms with van der Waals surface area (Å²) in [7, 11) is -6.30. The van der Waals surface area contributed by atoms with E-state index in [9.17, 15) is 52.7 Å². The van der Waals surface area contributed by atoms with Gasteiger partial charge in [0.1, 0.15) is 0 Å². The van der Waals surface area contributed by atoms with Crippen molar-refractivity contribution < 1.29 is 62.3 Å². The van der Waals surface area contributed by atoms with E-state index < -0.39 is 40.4 Å². The van der Waals surface area contributed by atoms with E-state index in [2.05, 4.69) is 4.84 Å². The Hall–Kier alpha value is -2.26. The van der Waals surface area contributed by atoms with Crippen LogP contribution in [0, 0.1) is 0 Å². The fourth-order valence-electron chi connectivity index (χ4n) is 0.854. The van der Waals surface area contributed by atoms with Crippen molar-refractivity contribution in [2.24, 2.45) is 0 Å². The second kappa shape index (κ2) is 8.41. The molecule has 0 saturated carbocycles. The number of amides is 1. The summed E-state index contributed by atoms with van der Waals surface area (Å²) in [4.78, 5) is 14.2. The molecule has 6 nitrogen and oxygen atoms in total. The number of nitrogens with zero attached hydrogens (tertiary/aromatic N) is 1. The van der Waals surface area contributed by atoms with Gasteiger partial charge < -0.3 is 0 Å². The summed E-state index contributed by atoms with van der Waals surface area (Å²) >= 11 is 0. The van der Waals surface area contributed by atoms with Gasteiger partial charge in [-0.25, -0.2) is 4.72 Å². The van der Waals surface area contributed by atoms with Crippen LogP contribution in [0.3, 0.4) is 0 Å². The molecule has 1 heterocycles. The number of halogens is 9. The highest BCUT2D eigenvalue weighted by Crippen LogP contribution is 2.23. The highest BCUT2D eigenvalue weighted by molar-refractivity contribution is 7.90. The molecule has 0 aliphatic heterocycles. The van der Waals surface area contributed by atoms with Crippen LogP contribution in [0.1, 0.15) is 0 Å². The third kappa shape index (κ3) is 9.28. The SMILES string of the molecule is FC(F)(F)CO[n+]1ccccc1.O=C(NS(=O)(=O)C(F)(F)F)C(F)(F)F. The Morgan fingerprint density at radius 1 is 0.923 bits per heavy atom. The minimum Gasteiger partial charge on any atom is -0.263 e. The van der Waals surface area contributed by atoms with Gasteiger partial charge in [0, 0.05) is 16.9 Å². The van der Waals surface area contributed by atoms with Gasteiger partial charge in [-0.1, -0.05) is 6.07 Å². The summed E-state index contributed by atoms with van der Waals surface area (Å²) in [6, 6.07) is 4.85. The third-order valence-electron chi connectivity index (χ3n) is 1.85. The van der Waals surface area contributed by atoms with Crippen molar-refractivity contribution in [3.63, 3.8) is 0 Å². The van der Waals surface area contributed by atoms with Crippen LogP contribution in [0.2, 0.25) is 0 Å². The maximum Gasteiger partial charge on any atom is 0.516 e. The Labute approximate surface area is 139 Å². The number of hydrogen-bond acceptors (Lipinski definition) is 4. The first kappa shape index (κ1) is 23.7. The molecule has 0 aliphatic carbocycles. The Morgan fingerprint density at radius 3 is 1.73 bits per heavy atom. The maximum atomic E-state index is 11.6. The van der Waals surface area contributed by atoms with Gasteiger partial charge in [0.15, 0.2) is 0 Å². The Bertz CT molecular complexity index is 683. The number of sulfonamides is 1. The number of aromatic nitrogens is 1. The van der Waals surface area contributed by atoms with Crippen molar-refractivity contribution in [1.82, 2.24) is 4.72 Å². The zero-order valence-corrected chi connectivity index (χ0v) is 12.8. The van der Waals surface area contributed by atoms with Crippen LogP contribution >= 0.6 is 0 Å². The molecule has 0 aromatic carbocycles. The van der Waals surface area contributed by atoms with E-state index >= 15 is 0 Å². The van der Waals surface area contributed by atoms with Gasteiger partial charge in [-0.15, -0.1) is 0 Å². The van der Waals surface area contributed by atoms with E-state index in [0.29, 0.717) is 0 Å². The monoisotopic (exact) mass is 423 g/mol. The van der Waals surface area contributed by atoms with Crippen LogP contribution in [0.5, 0.6) is 0 Å². The first-order valence-electron chi connectivity index (χ1n) is 5.82. The summed E-state index contributed by atoms with van der Waals surface area (Å²) in [6.45, 7) is -1.28. The zero-order valence-electron chi connectivity index (χ0n) is 12.0. The molecule has 1 amide bonds. The molecule has 1 aromatic rings. The quantitative estimate of drug-likeness (QED) is 0.591. The molecule has 0 radical (unpaired) electrons. The average Bonchev–Trinajstić information content (AvgIpc) is 2.43. The van der Waals surface area contributed by atoms with Gasteiger partial charge in [0.25, 0.3) is 6.61 Å². The molecular weight excluding hydrogens is 415 g/mol. The van der Waals surface area contributed by atoms with Crippen molar-refractivity contribution >= 4 is 15.9 Å². The number of hydrogen-bond donors (Lipinski definition) is 1. The molecule has 150 valence electrons. The molecule has 0 fully saturated rings. The summed E-state index contributed by atoms with van der Waals surface area (Å²) in [5.41, 5.74) is -5.96. The lowest BCUT2D eigenvalue weighted by Crippen LogP contribution is -2.46. The van der Waals surface area contributed by atoms with Gasteiger partial charge in [-0.2, -0.15) is 47.9 Å². The van der Waals surface area contributed by atoms with E-state index in [1.807, 2.05) is 0 Å². The highest BCUT2D eigenvalue weighted by Gasteiger charge is 2.51. The minimum absolute atomic E-state index is 0.181. The van der Waals surface area contributed by atoms with Crippen molar-refractivity contribution in [1.29, 1.82) is 0 Å². The van der Waals surface area contributed by atoms with E-state index in [-0.39, 0.29) is 4.72 Å². The number of carbonyl (C=O) groups excluding carboxylic acids is 1. The van der Waals surface area contributed by atoms with E-state index in [4.69, 9.17) is 0 Å². The predicted molar refractivity (Wildman–Crippen MR) is 63.3 cm³/mol. The fraction of sp³-hybridized carbons (Fsp3) is 0.400. The number of carbonyl (C=O) groups is 1. The molecule has 1 aromatic heterocycles. The third-order valence-corrected chi connectivity index (χ3v) is 2.92. The van der Waals surface area contributed by atoms with Crippen LogP contribution in [-0.2, 0) is 14.8 Å². The largest absolute Gasteiger partial charge is 0.516 e. The van der Waals surface area contributed by atoms with Crippen molar-refractivity contribution in [3.8, 4) is 0 Å². The van der Waals surface area contributed by atoms with Gasteiger partial charge >= 0.3 is 33.8 Å². The molecular formula is C10H8F9N2O4S+. The number of alkyl halides is 9. The molecule has 16 heteroatoms. The normalized spacial score (nSPS) is 12.7. The van der Waals surface area contributed by atoms with E-state index in [0.717, 1.165) is 4.73 Å². The lowest BCUT2D eigenvalue weighted by atomic mass is 10.5.